The van der Waals surface area contributed by atoms with E-state index in [2.05, 4.69) is 19.2 Å². The van der Waals surface area contributed by atoms with E-state index in [1.807, 2.05) is 7.05 Å². The molecule has 0 bridgehead atoms. The molecule has 1 aliphatic carbocycles. The lowest BCUT2D eigenvalue weighted by Crippen LogP contribution is -2.49. The van der Waals surface area contributed by atoms with Crippen molar-refractivity contribution in [3.63, 3.8) is 0 Å². The predicted octanol–water partition coefficient (Wildman–Crippen LogP) is 2.58. The van der Waals surface area contributed by atoms with Crippen molar-refractivity contribution in [1.29, 1.82) is 0 Å². The van der Waals surface area contributed by atoms with E-state index in [9.17, 15) is 0 Å². The first-order valence-electron chi connectivity index (χ1n) is 6.03. The number of hydrogen-bond donors (Lipinski definition) is 1. The fourth-order valence-electron chi connectivity index (χ4n) is 2.52. The average molecular weight is 199 g/mol. The Morgan fingerprint density at radius 1 is 1.43 bits per heavy atom. The second-order valence-corrected chi connectivity index (χ2v) is 4.59. The summed E-state index contributed by atoms with van der Waals surface area (Å²) in [6.45, 7) is 6.44. The minimum atomic E-state index is 0.128. The third kappa shape index (κ3) is 2.71. The van der Waals surface area contributed by atoms with Crippen molar-refractivity contribution in [2.75, 3.05) is 20.2 Å². The minimum Gasteiger partial charge on any atom is -0.373 e. The van der Waals surface area contributed by atoms with Crippen LogP contribution >= 0.6 is 0 Å². The molecule has 2 heteroatoms. The third-order valence-electron chi connectivity index (χ3n) is 3.45. The lowest BCUT2D eigenvalue weighted by Gasteiger charge is -2.42. The standard InChI is InChI=1S/C12H25NO/c1-4-9-14-12(10-13-3)8-6-5-7-11(12)2/h11,13H,4-10H2,1-3H3. The quantitative estimate of drug-likeness (QED) is 0.735. The Balaban J connectivity index is 2.57. The molecule has 0 amide bonds. The summed E-state index contributed by atoms with van der Waals surface area (Å²) in [4.78, 5) is 0. The van der Waals surface area contributed by atoms with Crippen LogP contribution < -0.4 is 5.32 Å². The maximum atomic E-state index is 6.11. The van der Waals surface area contributed by atoms with Gasteiger partial charge in [0.2, 0.25) is 0 Å². The molecule has 0 aliphatic heterocycles. The van der Waals surface area contributed by atoms with Crippen LogP contribution in [0.15, 0.2) is 0 Å². The highest BCUT2D eigenvalue weighted by molar-refractivity contribution is 4.91. The van der Waals surface area contributed by atoms with Crippen LogP contribution in [-0.4, -0.2) is 25.8 Å². The van der Waals surface area contributed by atoms with Gasteiger partial charge >= 0.3 is 0 Å². The van der Waals surface area contributed by atoms with Crippen LogP contribution in [0.4, 0.5) is 0 Å². The minimum absolute atomic E-state index is 0.128. The van der Waals surface area contributed by atoms with Gasteiger partial charge in [0.15, 0.2) is 0 Å². The van der Waals surface area contributed by atoms with E-state index < -0.39 is 0 Å². The molecule has 1 aliphatic rings. The monoisotopic (exact) mass is 199 g/mol. The SMILES string of the molecule is CCCOC1(CNC)CCCCC1C. The molecule has 2 unspecified atom stereocenters. The molecule has 0 radical (unpaired) electrons. The molecule has 0 spiro atoms. The van der Waals surface area contributed by atoms with Gasteiger partial charge in [0, 0.05) is 13.2 Å². The summed E-state index contributed by atoms with van der Waals surface area (Å²) in [5, 5.41) is 3.29. The Morgan fingerprint density at radius 2 is 2.21 bits per heavy atom. The van der Waals surface area contributed by atoms with Gasteiger partial charge in [0.05, 0.1) is 5.60 Å². The molecule has 1 fully saturated rings. The van der Waals surface area contributed by atoms with E-state index in [0.29, 0.717) is 5.92 Å². The van der Waals surface area contributed by atoms with Gasteiger partial charge in [-0.3, -0.25) is 0 Å². The summed E-state index contributed by atoms with van der Waals surface area (Å²) in [5.74, 6) is 0.704. The van der Waals surface area contributed by atoms with Crippen molar-refractivity contribution in [2.45, 2.75) is 51.6 Å². The predicted molar refractivity (Wildman–Crippen MR) is 60.5 cm³/mol. The molecular formula is C12H25NO. The maximum Gasteiger partial charge on any atom is 0.0831 e. The Hall–Kier alpha value is -0.0800. The van der Waals surface area contributed by atoms with E-state index in [1.54, 1.807) is 0 Å². The van der Waals surface area contributed by atoms with Gasteiger partial charge in [-0.2, -0.15) is 0 Å². The van der Waals surface area contributed by atoms with Gasteiger partial charge in [-0.05, 0) is 32.2 Å². The smallest absolute Gasteiger partial charge is 0.0831 e. The summed E-state index contributed by atoms with van der Waals surface area (Å²) >= 11 is 0. The largest absolute Gasteiger partial charge is 0.373 e. The van der Waals surface area contributed by atoms with E-state index in [4.69, 9.17) is 4.74 Å². The van der Waals surface area contributed by atoms with Crippen molar-refractivity contribution >= 4 is 0 Å². The zero-order chi connectivity index (χ0) is 10.4. The normalized spacial score (nSPS) is 33.2. The molecule has 0 aromatic heterocycles. The number of hydrogen-bond acceptors (Lipinski definition) is 2. The molecule has 1 saturated carbocycles. The molecule has 2 atom stereocenters. The lowest BCUT2D eigenvalue weighted by atomic mass is 9.76. The lowest BCUT2D eigenvalue weighted by molar-refractivity contribution is -0.100. The fraction of sp³-hybridized carbons (Fsp3) is 1.00. The Kier molecular flexibility index (Phi) is 4.90. The van der Waals surface area contributed by atoms with Crippen molar-refractivity contribution in [3.05, 3.63) is 0 Å². The van der Waals surface area contributed by atoms with Crippen LogP contribution in [0.25, 0.3) is 0 Å². The zero-order valence-corrected chi connectivity index (χ0v) is 9.94. The topological polar surface area (TPSA) is 21.3 Å². The zero-order valence-electron chi connectivity index (χ0n) is 9.94. The highest BCUT2D eigenvalue weighted by Gasteiger charge is 2.38. The van der Waals surface area contributed by atoms with Gasteiger partial charge in [-0.25, -0.2) is 0 Å². The van der Waals surface area contributed by atoms with E-state index in [1.165, 1.54) is 25.7 Å². The molecule has 14 heavy (non-hydrogen) atoms. The number of nitrogens with one attached hydrogen (secondary N) is 1. The summed E-state index contributed by atoms with van der Waals surface area (Å²) < 4.78 is 6.11. The average Bonchev–Trinajstić information content (AvgIpc) is 2.20. The number of ether oxygens (including phenoxy) is 1. The molecule has 84 valence electrons. The van der Waals surface area contributed by atoms with Crippen LogP contribution in [0.5, 0.6) is 0 Å². The third-order valence-corrected chi connectivity index (χ3v) is 3.45. The van der Waals surface area contributed by atoms with E-state index in [-0.39, 0.29) is 5.60 Å². The summed E-state index contributed by atoms with van der Waals surface area (Å²) in [7, 11) is 2.03. The van der Waals surface area contributed by atoms with Gasteiger partial charge in [0.1, 0.15) is 0 Å². The van der Waals surface area contributed by atoms with E-state index >= 15 is 0 Å². The Bertz CT molecular complexity index is 156. The Morgan fingerprint density at radius 3 is 2.79 bits per heavy atom. The van der Waals surface area contributed by atoms with Gasteiger partial charge < -0.3 is 10.1 Å². The van der Waals surface area contributed by atoms with Gasteiger partial charge in [-0.1, -0.05) is 26.7 Å². The Labute approximate surface area is 88.4 Å². The van der Waals surface area contributed by atoms with Crippen molar-refractivity contribution in [2.24, 2.45) is 5.92 Å². The molecular weight excluding hydrogens is 174 g/mol. The van der Waals surface area contributed by atoms with Crippen LogP contribution in [0.1, 0.15) is 46.0 Å². The van der Waals surface area contributed by atoms with Crippen molar-refractivity contribution < 1.29 is 4.74 Å². The number of likely N-dealkylation sites (N-methyl/N-ethyl adjacent to an activating group) is 1. The summed E-state index contributed by atoms with van der Waals surface area (Å²) in [5.41, 5.74) is 0.128. The fourth-order valence-corrected chi connectivity index (χ4v) is 2.52. The van der Waals surface area contributed by atoms with Crippen LogP contribution in [0, 0.1) is 5.92 Å². The molecule has 0 aromatic rings. The van der Waals surface area contributed by atoms with Crippen molar-refractivity contribution in [1.82, 2.24) is 5.32 Å². The number of rotatable bonds is 5. The molecule has 1 N–H and O–H groups in total. The first-order valence-corrected chi connectivity index (χ1v) is 6.03. The summed E-state index contributed by atoms with van der Waals surface area (Å²) in [6.07, 6.45) is 6.39. The van der Waals surface area contributed by atoms with Gasteiger partial charge in [-0.15, -0.1) is 0 Å². The second-order valence-electron chi connectivity index (χ2n) is 4.59. The van der Waals surface area contributed by atoms with Crippen LogP contribution in [0.3, 0.4) is 0 Å². The van der Waals surface area contributed by atoms with Crippen molar-refractivity contribution in [3.8, 4) is 0 Å². The first kappa shape index (κ1) is 12.0. The molecule has 0 heterocycles. The van der Waals surface area contributed by atoms with E-state index in [0.717, 1.165) is 19.6 Å². The molecule has 0 aromatic carbocycles. The van der Waals surface area contributed by atoms with Gasteiger partial charge in [0.25, 0.3) is 0 Å². The molecule has 2 nitrogen and oxygen atoms in total. The summed E-state index contributed by atoms with van der Waals surface area (Å²) in [6, 6.07) is 0. The van der Waals surface area contributed by atoms with Crippen LogP contribution in [-0.2, 0) is 4.74 Å². The first-order chi connectivity index (χ1) is 6.75. The molecule has 0 saturated heterocycles. The van der Waals surface area contributed by atoms with Crippen LogP contribution in [0.2, 0.25) is 0 Å². The molecule has 1 rings (SSSR count). The maximum absolute atomic E-state index is 6.11. The highest BCUT2D eigenvalue weighted by Crippen LogP contribution is 2.36. The highest BCUT2D eigenvalue weighted by atomic mass is 16.5. The second kappa shape index (κ2) is 5.72.